The maximum absolute atomic E-state index is 12.6. The quantitative estimate of drug-likeness (QED) is 0.709. The first-order chi connectivity index (χ1) is 13.3. The minimum atomic E-state index is -3.77. The molecule has 8 heteroatoms. The van der Waals surface area contributed by atoms with Crippen LogP contribution in [-0.2, 0) is 10.0 Å². The molecular weight excluding hydrogens is 419 g/mol. The number of fused-ring (bicyclic) bond motifs is 2. The molecule has 4 rings (SSSR count). The predicted octanol–water partition coefficient (Wildman–Crippen LogP) is 4.71. The average Bonchev–Trinajstić information content (AvgIpc) is 3.24. The Morgan fingerprint density at radius 2 is 1.75 bits per heavy atom. The molecule has 0 aromatic heterocycles. The van der Waals surface area contributed by atoms with Crippen LogP contribution in [0.2, 0.25) is 10.0 Å². The number of carbonyl (C=O) groups is 1. The summed E-state index contributed by atoms with van der Waals surface area (Å²) in [5.41, 5.74) is 0.635. The summed E-state index contributed by atoms with van der Waals surface area (Å²) in [6.45, 7) is 0. The smallest absolute Gasteiger partial charge is 0.261 e. The molecule has 0 aliphatic heterocycles. The zero-order valence-electron chi connectivity index (χ0n) is 15.0. The summed E-state index contributed by atoms with van der Waals surface area (Å²) in [6.07, 6.45) is 4.67. The van der Waals surface area contributed by atoms with Crippen molar-refractivity contribution in [2.24, 2.45) is 11.8 Å². The van der Waals surface area contributed by atoms with Crippen molar-refractivity contribution in [2.45, 2.75) is 36.6 Å². The van der Waals surface area contributed by atoms with E-state index in [2.05, 4.69) is 10.0 Å². The Morgan fingerprint density at radius 1 is 1.00 bits per heavy atom. The number of rotatable bonds is 5. The molecule has 28 heavy (non-hydrogen) atoms. The van der Waals surface area contributed by atoms with Gasteiger partial charge in [-0.25, -0.2) is 8.42 Å². The van der Waals surface area contributed by atoms with Crippen LogP contribution in [0.1, 0.15) is 36.0 Å². The first kappa shape index (κ1) is 19.6. The van der Waals surface area contributed by atoms with Gasteiger partial charge in [0.25, 0.3) is 15.9 Å². The maximum atomic E-state index is 12.6. The second-order valence-electron chi connectivity index (χ2n) is 7.51. The minimum Gasteiger partial charge on any atom is -0.349 e. The summed E-state index contributed by atoms with van der Waals surface area (Å²) in [5.74, 6) is 1.09. The van der Waals surface area contributed by atoms with Gasteiger partial charge in [0.2, 0.25) is 0 Å². The first-order valence-corrected chi connectivity index (χ1v) is 11.4. The minimum absolute atomic E-state index is 0.0890. The fourth-order valence-corrected chi connectivity index (χ4v) is 5.70. The molecule has 0 spiro atoms. The van der Waals surface area contributed by atoms with Crippen LogP contribution in [0.15, 0.2) is 47.4 Å². The summed E-state index contributed by atoms with van der Waals surface area (Å²) in [6, 6.07) is 10.6. The van der Waals surface area contributed by atoms with E-state index in [4.69, 9.17) is 23.2 Å². The largest absolute Gasteiger partial charge is 0.349 e. The Kier molecular flexibility index (Phi) is 5.29. The molecule has 2 aliphatic rings. The van der Waals surface area contributed by atoms with Crippen LogP contribution < -0.4 is 10.0 Å². The molecule has 2 bridgehead atoms. The Labute approximate surface area is 174 Å². The molecule has 2 fully saturated rings. The van der Waals surface area contributed by atoms with Crippen molar-refractivity contribution in [3.8, 4) is 0 Å². The fraction of sp³-hybridized carbons (Fsp3) is 0.350. The van der Waals surface area contributed by atoms with Gasteiger partial charge in [0.05, 0.1) is 21.2 Å². The summed E-state index contributed by atoms with van der Waals surface area (Å²) in [4.78, 5) is 12.7. The molecule has 5 nitrogen and oxygen atoms in total. The van der Waals surface area contributed by atoms with Gasteiger partial charge in [0.15, 0.2) is 0 Å². The Hall–Kier alpha value is -1.76. The second kappa shape index (κ2) is 7.58. The van der Waals surface area contributed by atoms with Crippen LogP contribution in [0, 0.1) is 11.8 Å². The van der Waals surface area contributed by atoms with E-state index in [9.17, 15) is 13.2 Å². The topological polar surface area (TPSA) is 75.3 Å². The van der Waals surface area contributed by atoms with Crippen molar-refractivity contribution in [2.75, 3.05) is 4.72 Å². The van der Waals surface area contributed by atoms with Crippen LogP contribution in [-0.4, -0.2) is 20.4 Å². The second-order valence-corrected chi connectivity index (χ2v) is 10.0. The highest BCUT2D eigenvalue weighted by atomic mass is 35.5. The number of hydrogen-bond acceptors (Lipinski definition) is 3. The van der Waals surface area contributed by atoms with Gasteiger partial charge in [0, 0.05) is 11.1 Å². The Balaban J connectivity index is 1.46. The summed E-state index contributed by atoms with van der Waals surface area (Å²) in [7, 11) is -3.77. The van der Waals surface area contributed by atoms with Crippen LogP contribution in [0.25, 0.3) is 0 Å². The molecule has 2 aromatic rings. The van der Waals surface area contributed by atoms with Gasteiger partial charge in [0.1, 0.15) is 0 Å². The van der Waals surface area contributed by atoms with E-state index in [1.807, 2.05) is 0 Å². The molecule has 148 valence electrons. The number of sulfonamides is 1. The average molecular weight is 439 g/mol. The van der Waals surface area contributed by atoms with Crippen LogP contribution in [0.3, 0.4) is 0 Å². The molecular formula is C20H20Cl2N2O3S. The van der Waals surface area contributed by atoms with Gasteiger partial charge in [-0.05, 0) is 73.6 Å². The number of nitrogens with one attached hydrogen (secondary N) is 2. The van der Waals surface area contributed by atoms with Crippen LogP contribution in [0.5, 0.6) is 0 Å². The fourth-order valence-electron chi connectivity index (χ4n) is 4.26. The molecule has 0 heterocycles. The van der Waals surface area contributed by atoms with E-state index < -0.39 is 10.0 Å². The normalized spacial score (nSPS) is 23.6. The third kappa shape index (κ3) is 4.00. The summed E-state index contributed by atoms with van der Waals surface area (Å²) >= 11 is 12.1. The Bertz CT molecular complexity index is 1010. The summed E-state index contributed by atoms with van der Waals surface area (Å²) < 4.78 is 27.4. The summed E-state index contributed by atoms with van der Waals surface area (Å²) in [5, 5.41) is 3.75. The lowest BCUT2D eigenvalue weighted by molar-refractivity contribution is 0.0923. The lowest BCUT2D eigenvalue weighted by atomic mass is 9.95. The van der Waals surface area contributed by atoms with Crippen LogP contribution >= 0.6 is 23.2 Å². The molecule has 2 aromatic carbocycles. The molecule has 2 saturated carbocycles. The third-order valence-corrected chi connectivity index (χ3v) is 7.61. The number of amides is 1. The van der Waals surface area contributed by atoms with Crippen molar-refractivity contribution in [1.29, 1.82) is 0 Å². The number of anilines is 1. The van der Waals surface area contributed by atoms with E-state index >= 15 is 0 Å². The molecule has 2 N–H and O–H groups in total. The zero-order chi connectivity index (χ0) is 19.9. The van der Waals surface area contributed by atoms with Crippen molar-refractivity contribution in [3.05, 3.63) is 58.1 Å². The predicted molar refractivity (Wildman–Crippen MR) is 110 cm³/mol. The standard InChI is InChI=1S/C20H20Cl2N2O3S/c21-14-3-6-16(7-4-14)28(26,27)24-15-5-8-17(18(22)11-15)20(25)23-19-10-12-1-2-13(19)9-12/h3-8,11-13,19,24H,1-2,9-10H2,(H,23,25)/t12-,13+,19+/m0/s1. The van der Waals surface area contributed by atoms with E-state index in [-0.39, 0.29) is 27.6 Å². The van der Waals surface area contributed by atoms with Gasteiger partial charge in [-0.1, -0.05) is 29.6 Å². The van der Waals surface area contributed by atoms with E-state index in [1.165, 1.54) is 55.7 Å². The van der Waals surface area contributed by atoms with Gasteiger partial charge >= 0.3 is 0 Å². The molecule has 1 amide bonds. The van der Waals surface area contributed by atoms with Crippen molar-refractivity contribution in [1.82, 2.24) is 5.32 Å². The van der Waals surface area contributed by atoms with E-state index in [1.54, 1.807) is 6.07 Å². The lowest BCUT2D eigenvalue weighted by Crippen LogP contribution is -2.38. The number of hydrogen-bond donors (Lipinski definition) is 2. The molecule has 3 atom stereocenters. The Morgan fingerprint density at radius 3 is 2.36 bits per heavy atom. The van der Waals surface area contributed by atoms with Gasteiger partial charge in [-0.15, -0.1) is 0 Å². The number of carbonyl (C=O) groups excluding carboxylic acids is 1. The molecule has 0 saturated heterocycles. The molecule has 0 unspecified atom stereocenters. The molecule has 2 aliphatic carbocycles. The monoisotopic (exact) mass is 438 g/mol. The van der Waals surface area contributed by atoms with Gasteiger partial charge in [-0.3, -0.25) is 9.52 Å². The van der Waals surface area contributed by atoms with Crippen molar-refractivity contribution in [3.63, 3.8) is 0 Å². The van der Waals surface area contributed by atoms with Gasteiger partial charge in [-0.2, -0.15) is 0 Å². The highest BCUT2D eigenvalue weighted by molar-refractivity contribution is 7.92. The highest BCUT2D eigenvalue weighted by Gasteiger charge is 2.40. The first-order valence-electron chi connectivity index (χ1n) is 9.20. The highest BCUT2D eigenvalue weighted by Crippen LogP contribution is 2.44. The van der Waals surface area contributed by atoms with Gasteiger partial charge < -0.3 is 5.32 Å². The maximum Gasteiger partial charge on any atom is 0.261 e. The van der Waals surface area contributed by atoms with Crippen molar-refractivity contribution < 1.29 is 13.2 Å². The number of benzene rings is 2. The van der Waals surface area contributed by atoms with E-state index in [0.29, 0.717) is 16.5 Å². The third-order valence-electron chi connectivity index (χ3n) is 5.64. The molecule has 0 radical (unpaired) electrons. The van der Waals surface area contributed by atoms with E-state index in [0.717, 1.165) is 12.3 Å². The lowest BCUT2D eigenvalue weighted by Gasteiger charge is -2.23. The van der Waals surface area contributed by atoms with Crippen LogP contribution in [0.4, 0.5) is 5.69 Å². The SMILES string of the molecule is O=C(N[C@@H]1C[C@H]2CC[C@@H]1C2)c1ccc(NS(=O)(=O)c2ccc(Cl)cc2)cc1Cl. The zero-order valence-corrected chi connectivity index (χ0v) is 17.3. The van der Waals surface area contributed by atoms with Crippen molar-refractivity contribution >= 4 is 44.8 Å². The number of halogens is 2.